The number of hydrogen-bond acceptors (Lipinski definition) is 3. The van der Waals surface area contributed by atoms with Gasteiger partial charge in [-0.3, -0.25) is 0 Å². The summed E-state index contributed by atoms with van der Waals surface area (Å²) < 4.78 is 11.4. The molecule has 0 N–H and O–H groups in total. The lowest BCUT2D eigenvalue weighted by molar-refractivity contribution is 0.0154. The molecule has 26 heavy (non-hydrogen) atoms. The Morgan fingerprint density at radius 1 is 1.38 bits per heavy atom. The van der Waals surface area contributed by atoms with Crippen LogP contribution in [-0.2, 0) is 11.3 Å². The molecule has 1 unspecified atom stereocenters. The fourth-order valence-corrected chi connectivity index (χ4v) is 3.13. The Morgan fingerprint density at radius 3 is 2.85 bits per heavy atom. The predicted molar refractivity (Wildman–Crippen MR) is 102 cm³/mol. The number of carbonyl (C=O) groups excluding carboxylic acids is 1. The maximum atomic E-state index is 12.2. The van der Waals surface area contributed by atoms with Gasteiger partial charge in [-0.2, -0.15) is 0 Å². The van der Waals surface area contributed by atoms with Gasteiger partial charge in [-0.1, -0.05) is 6.07 Å². The SMILES string of the molecule is [C-]#[N+]Cc1cc(OCCC2CCCN(C(=O)OC(C)(C)C)C2)ccc1C. The summed E-state index contributed by atoms with van der Waals surface area (Å²) >= 11 is 0. The third-order valence-corrected chi connectivity index (χ3v) is 4.54. The van der Waals surface area contributed by atoms with Gasteiger partial charge in [0.05, 0.1) is 6.61 Å². The first-order valence-corrected chi connectivity index (χ1v) is 9.32. The van der Waals surface area contributed by atoms with Crippen LogP contribution >= 0.6 is 0 Å². The van der Waals surface area contributed by atoms with Crippen molar-refractivity contribution >= 4 is 6.09 Å². The van der Waals surface area contributed by atoms with Gasteiger partial charge in [0.15, 0.2) is 0 Å². The van der Waals surface area contributed by atoms with Gasteiger partial charge in [0.2, 0.25) is 6.54 Å². The van der Waals surface area contributed by atoms with Crippen molar-refractivity contribution in [3.8, 4) is 5.75 Å². The Bertz CT molecular complexity index is 658. The summed E-state index contributed by atoms with van der Waals surface area (Å²) in [5, 5.41) is 0. The summed E-state index contributed by atoms with van der Waals surface area (Å²) in [5.74, 6) is 1.25. The highest BCUT2D eigenvalue weighted by Crippen LogP contribution is 2.23. The third-order valence-electron chi connectivity index (χ3n) is 4.54. The minimum Gasteiger partial charge on any atom is -0.494 e. The molecule has 1 aliphatic rings. The zero-order valence-corrected chi connectivity index (χ0v) is 16.4. The maximum Gasteiger partial charge on any atom is 0.410 e. The van der Waals surface area contributed by atoms with E-state index in [1.165, 1.54) is 0 Å². The van der Waals surface area contributed by atoms with Crippen molar-refractivity contribution in [3.05, 3.63) is 40.7 Å². The molecular formula is C21H30N2O3. The van der Waals surface area contributed by atoms with Crippen LogP contribution in [0.1, 0.15) is 51.2 Å². The maximum absolute atomic E-state index is 12.2. The Kier molecular flexibility index (Phi) is 6.90. The van der Waals surface area contributed by atoms with Crippen molar-refractivity contribution in [1.82, 2.24) is 4.90 Å². The minimum atomic E-state index is -0.457. The van der Waals surface area contributed by atoms with E-state index in [1.54, 1.807) is 0 Å². The van der Waals surface area contributed by atoms with Crippen LogP contribution in [0.2, 0.25) is 0 Å². The van der Waals surface area contributed by atoms with Gasteiger partial charge >= 0.3 is 6.09 Å². The average molecular weight is 358 g/mol. The number of carbonyl (C=O) groups is 1. The van der Waals surface area contributed by atoms with Crippen molar-refractivity contribution in [2.45, 2.75) is 59.1 Å². The second-order valence-corrected chi connectivity index (χ2v) is 7.98. The normalized spacial score (nSPS) is 17.5. The number of likely N-dealkylation sites (tertiary alicyclic amines) is 1. The topological polar surface area (TPSA) is 43.1 Å². The molecule has 5 nitrogen and oxygen atoms in total. The third kappa shape index (κ3) is 6.25. The number of rotatable bonds is 5. The molecule has 5 heteroatoms. The van der Waals surface area contributed by atoms with Crippen LogP contribution in [0.15, 0.2) is 18.2 Å². The second-order valence-electron chi connectivity index (χ2n) is 7.98. The molecule has 1 heterocycles. The summed E-state index contributed by atoms with van der Waals surface area (Å²) in [6, 6.07) is 5.92. The summed E-state index contributed by atoms with van der Waals surface area (Å²) in [6.45, 7) is 17.2. The summed E-state index contributed by atoms with van der Waals surface area (Å²) in [5.41, 5.74) is 1.68. The lowest BCUT2D eigenvalue weighted by Crippen LogP contribution is -2.43. The molecule has 0 spiro atoms. The number of hydrogen-bond donors (Lipinski definition) is 0. The van der Waals surface area contributed by atoms with Crippen molar-refractivity contribution < 1.29 is 14.3 Å². The molecule has 0 bridgehead atoms. The summed E-state index contributed by atoms with van der Waals surface area (Å²) in [6.07, 6.45) is 2.81. The van der Waals surface area contributed by atoms with Crippen LogP contribution in [0.3, 0.4) is 0 Å². The Hall–Kier alpha value is -2.22. The van der Waals surface area contributed by atoms with Gasteiger partial charge in [-0.25, -0.2) is 11.4 Å². The van der Waals surface area contributed by atoms with E-state index in [0.29, 0.717) is 19.1 Å². The van der Waals surface area contributed by atoms with E-state index in [4.69, 9.17) is 16.0 Å². The Balaban J connectivity index is 1.81. The summed E-state index contributed by atoms with van der Waals surface area (Å²) in [4.78, 5) is 17.5. The number of amides is 1. The molecule has 0 aliphatic carbocycles. The second kappa shape index (κ2) is 8.93. The molecule has 1 saturated heterocycles. The molecule has 0 saturated carbocycles. The van der Waals surface area contributed by atoms with Crippen LogP contribution in [0.25, 0.3) is 4.85 Å². The van der Waals surface area contributed by atoms with E-state index in [0.717, 1.165) is 49.2 Å². The van der Waals surface area contributed by atoms with Crippen molar-refractivity contribution in [2.75, 3.05) is 19.7 Å². The van der Waals surface area contributed by atoms with Gasteiger partial charge in [0.25, 0.3) is 0 Å². The van der Waals surface area contributed by atoms with E-state index in [2.05, 4.69) is 4.85 Å². The zero-order valence-electron chi connectivity index (χ0n) is 16.4. The fraction of sp³-hybridized carbons (Fsp3) is 0.619. The molecular weight excluding hydrogens is 328 g/mol. The van der Waals surface area contributed by atoms with Gasteiger partial charge in [0.1, 0.15) is 11.4 Å². The van der Waals surface area contributed by atoms with Gasteiger partial charge in [0, 0.05) is 18.7 Å². The monoisotopic (exact) mass is 358 g/mol. The van der Waals surface area contributed by atoms with E-state index >= 15 is 0 Å². The molecule has 0 radical (unpaired) electrons. The van der Waals surface area contributed by atoms with Crippen LogP contribution in [0.4, 0.5) is 4.79 Å². The highest BCUT2D eigenvalue weighted by molar-refractivity contribution is 5.68. The van der Waals surface area contributed by atoms with E-state index in [9.17, 15) is 4.79 Å². The largest absolute Gasteiger partial charge is 0.494 e. The Labute approximate surface area is 157 Å². The van der Waals surface area contributed by atoms with Crippen LogP contribution in [0, 0.1) is 19.4 Å². The van der Waals surface area contributed by atoms with E-state index in [-0.39, 0.29) is 6.09 Å². The van der Waals surface area contributed by atoms with Crippen molar-refractivity contribution in [3.63, 3.8) is 0 Å². The average Bonchev–Trinajstić information content (AvgIpc) is 2.57. The lowest BCUT2D eigenvalue weighted by Gasteiger charge is -2.34. The van der Waals surface area contributed by atoms with Crippen molar-refractivity contribution in [1.29, 1.82) is 0 Å². The molecule has 1 amide bonds. The van der Waals surface area contributed by atoms with E-state index in [1.807, 2.05) is 50.8 Å². The minimum absolute atomic E-state index is 0.217. The predicted octanol–water partition coefficient (Wildman–Crippen LogP) is 4.83. The molecule has 1 fully saturated rings. The van der Waals surface area contributed by atoms with Gasteiger partial charge in [-0.15, -0.1) is 0 Å². The number of piperidine rings is 1. The lowest BCUT2D eigenvalue weighted by atomic mass is 9.95. The number of aryl methyl sites for hydroxylation is 1. The summed E-state index contributed by atoms with van der Waals surface area (Å²) in [7, 11) is 0. The number of nitrogens with zero attached hydrogens (tertiary/aromatic N) is 2. The first kappa shape index (κ1) is 20.1. The standard InChI is InChI=1S/C21H30N2O3/c1-16-8-9-19(13-18(16)14-22-5)25-12-10-17-7-6-11-23(15-17)20(24)26-21(2,3)4/h8-9,13,17H,6-7,10-12,14-15H2,1-4H3. The molecule has 1 aliphatic heterocycles. The molecule has 0 aromatic heterocycles. The quantitative estimate of drug-likeness (QED) is 0.708. The zero-order chi connectivity index (χ0) is 19.2. The number of benzene rings is 1. The molecule has 1 atom stereocenters. The fourth-order valence-electron chi connectivity index (χ4n) is 3.13. The van der Waals surface area contributed by atoms with E-state index < -0.39 is 5.60 Å². The van der Waals surface area contributed by atoms with Crippen LogP contribution < -0.4 is 4.74 Å². The molecule has 1 aromatic rings. The Morgan fingerprint density at radius 2 is 2.15 bits per heavy atom. The molecule has 1 aromatic carbocycles. The van der Waals surface area contributed by atoms with Crippen LogP contribution in [-0.4, -0.2) is 36.3 Å². The highest BCUT2D eigenvalue weighted by Gasteiger charge is 2.27. The first-order valence-electron chi connectivity index (χ1n) is 9.32. The van der Waals surface area contributed by atoms with Gasteiger partial charge in [-0.05, 0) is 70.6 Å². The highest BCUT2D eigenvalue weighted by atomic mass is 16.6. The smallest absolute Gasteiger partial charge is 0.410 e. The number of ether oxygens (including phenoxy) is 2. The van der Waals surface area contributed by atoms with Crippen LogP contribution in [0.5, 0.6) is 5.75 Å². The molecule has 142 valence electrons. The van der Waals surface area contributed by atoms with Crippen molar-refractivity contribution in [2.24, 2.45) is 5.92 Å². The first-order chi connectivity index (χ1) is 12.3. The van der Waals surface area contributed by atoms with Gasteiger partial charge < -0.3 is 19.2 Å². The molecule has 2 rings (SSSR count).